The molecular formula is C34H36F3N5O5. The Kier molecular flexibility index (Phi) is 6.15. The summed E-state index contributed by atoms with van der Waals surface area (Å²) in [5.41, 5.74) is -0.818. The van der Waals surface area contributed by atoms with E-state index in [0.717, 1.165) is 16.7 Å². The number of halogens is 3. The fraction of sp³-hybridized carbons (Fsp3) is 0.500. The minimum Gasteiger partial charge on any atom is -0.347 e. The third-order valence-electron chi connectivity index (χ3n) is 10.5. The van der Waals surface area contributed by atoms with Crippen molar-refractivity contribution in [3.8, 4) is 0 Å². The number of carbonyl (C=O) groups is 3. The largest absolute Gasteiger partial charge is 0.488 e. The van der Waals surface area contributed by atoms with E-state index in [1.54, 1.807) is 18.0 Å². The van der Waals surface area contributed by atoms with Gasteiger partial charge in [-0.15, -0.1) is 13.2 Å². The van der Waals surface area contributed by atoms with Gasteiger partial charge in [0.05, 0.1) is 11.4 Å². The number of piperidine rings is 1. The van der Waals surface area contributed by atoms with Gasteiger partial charge in [-0.2, -0.15) is 0 Å². The van der Waals surface area contributed by atoms with Gasteiger partial charge in [-0.05, 0) is 62.4 Å². The summed E-state index contributed by atoms with van der Waals surface area (Å²) in [7, 11) is 1.67. The second kappa shape index (κ2) is 10.3. The summed E-state index contributed by atoms with van der Waals surface area (Å²) < 4.78 is 67.3. The zero-order chi connectivity index (χ0) is 34.8. The van der Waals surface area contributed by atoms with Gasteiger partial charge in [0, 0.05) is 45.8 Å². The molecule has 5 heterocycles. The van der Waals surface area contributed by atoms with E-state index in [0.29, 0.717) is 24.9 Å². The molecule has 1 aliphatic carbocycles. The monoisotopic (exact) mass is 653 g/mol. The molecule has 5 aliphatic rings. The number of hydrogen-bond donors (Lipinski definition) is 2. The van der Waals surface area contributed by atoms with Crippen molar-refractivity contribution in [2.24, 2.45) is 5.92 Å². The second-order valence-electron chi connectivity index (χ2n) is 13.4. The lowest BCUT2D eigenvalue weighted by Gasteiger charge is -2.48. The van der Waals surface area contributed by atoms with Crippen LogP contribution in [0.2, 0.25) is 0 Å². The van der Waals surface area contributed by atoms with E-state index < -0.39 is 66.1 Å². The summed E-state index contributed by atoms with van der Waals surface area (Å²) in [6.07, 6.45) is -3.92. The van der Waals surface area contributed by atoms with Gasteiger partial charge in [0.15, 0.2) is 0 Å². The summed E-state index contributed by atoms with van der Waals surface area (Å²) in [5, 5.41) is 15.0. The lowest BCUT2D eigenvalue weighted by atomic mass is 9.72. The first-order chi connectivity index (χ1) is 23.1. The lowest BCUT2D eigenvalue weighted by Crippen LogP contribution is -2.71. The van der Waals surface area contributed by atoms with Crippen molar-refractivity contribution in [2.45, 2.75) is 81.0 Å². The van der Waals surface area contributed by atoms with Crippen LogP contribution in [0, 0.1) is 5.92 Å². The van der Waals surface area contributed by atoms with E-state index in [2.05, 4.69) is 5.32 Å². The Morgan fingerprint density at radius 3 is 2.70 bits per heavy atom. The summed E-state index contributed by atoms with van der Waals surface area (Å²) in [6.45, 7) is 1.68. The predicted octanol–water partition coefficient (Wildman–Crippen LogP) is 3.03. The number of alkyl halides is 3. The molecule has 248 valence electrons. The molecule has 0 radical (unpaired) electrons. The Hall–Kier alpha value is -3.94. The van der Waals surface area contributed by atoms with Crippen LogP contribution < -0.4 is 5.32 Å². The molecule has 3 aromatic rings. The summed E-state index contributed by atoms with van der Waals surface area (Å²) >= 11 is 0. The van der Waals surface area contributed by atoms with Crippen molar-refractivity contribution in [1.82, 2.24) is 24.6 Å². The molecule has 3 amide bonds. The van der Waals surface area contributed by atoms with E-state index in [1.807, 2.05) is 30.3 Å². The molecule has 4 saturated heterocycles. The quantitative estimate of drug-likeness (QED) is 0.449. The molecule has 0 saturated carbocycles. The first-order valence-electron chi connectivity index (χ1n) is 16.9. The molecule has 8 rings (SSSR count). The van der Waals surface area contributed by atoms with Crippen molar-refractivity contribution in [3.05, 3.63) is 71.4 Å². The molecule has 0 spiro atoms. The fourth-order valence-electron chi connectivity index (χ4n) is 8.44. The van der Waals surface area contributed by atoms with Crippen LogP contribution in [-0.2, 0) is 38.3 Å². The first-order valence-corrected chi connectivity index (χ1v) is 15.9. The second-order valence-corrected chi connectivity index (χ2v) is 13.4. The Bertz CT molecular complexity index is 1890. The highest BCUT2D eigenvalue weighted by atomic mass is 19.4. The molecule has 2 N–H and O–H groups in total. The van der Waals surface area contributed by atoms with Gasteiger partial charge < -0.3 is 20.2 Å². The maximum atomic E-state index is 14.3. The number of amides is 3. The molecule has 8 atom stereocenters. The molecule has 1 aromatic heterocycles. The van der Waals surface area contributed by atoms with E-state index in [9.17, 15) is 35.4 Å². The molecule has 2 aromatic carbocycles. The number of piperazine rings is 1. The number of ether oxygens (including phenoxy) is 1. The Morgan fingerprint density at radius 1 is 1.19 bits per heavy atom. The van der Waals surface area contributed by atoms with E-state index >= 15 is 0 Å². The Labute approximate surface area is 271 Å². The third-order valence-corrected chi connectivity index (χ3v) is 10.5. The van der Waals surface area contributed by atoms with Crippen LogP contribution >= 0.6 is 0 Å². The average Bonchev–Trinajstić information content (AvgIpc) is 3.74. The van der Waals surface area contributed by atoms with Crippen LogP contribution in [0.3, 0.4) is 0 Å². The number of nitrogens with one attached hydrogen (secondary N) is 1. The minimum atomic E-state index is -4.69. The van der Waals surface area contributed by atoms with Crippen LogP contribution in [0.25, 0.3) is 10.9 Å². The van der Waals surface area contributed by atoms with Crippen LogP contribution in [0.1, 0.15) is 51.5 Å². The molecular weight excluding hydrogens is 615 g/mol. The predicted molar refractivity (Wildman–Crippen MR) is 162 cm³/mol. The number of carbonyl (C=O) groups excluding carboxylic acids is 3. The number of nitrogens with zero attached hydrogens (tertiary/aromatic N) is 4. The maximum absolute atomic E-state index is 14.3. The highest BCUT2D eigenvalue weighted by Gasteiger charge is 2.70. The molecule has 47 heavy (non-hydrogen) atoms. The van der Waals surface area contributed by atoms with Gasteiger partial charge in [-0.25, -0.2) is 0 Å². The number of likely N-dealkylation sites (tertiary alicyclic amines) is 1. The highest BCUT2D eigenvalue weighted by Crippen LogP contribution is 2.48. The maximum Gasteiger partial charge on any atom is 0.488 e. The van der Waals surface area contributed by atoms with Crippen LogP contribution in [-0.4, -0.2) is 92.0 Å². The van der Waals surface area contributed by atoms with E-state index in [1.165, 1.54) is 24.0 Å². The summed E-state index contributed by atoms with van der Waals surface area (Å²) in [4.78, 5) is 46.5. The standard InChI is InChI=1S/C34H36F3N5O5/c1-32(31(45)42-26(14-19-8-4-3-5-9-19)30(44)40-13-7-12-27(40)33(42,46)47-32)38-29(43)21-15-23-22-10-6-11-24-28(22)20(16-25(23)39(2)17-21)18-41(24)34(35,36)37/h3-6,8-11,18,21,23,25-27,46H,7,12-17H2,1-2H3,(H,38,43)/t21-,23-,25-,26+,27+,32-,33+/m1/s1/i15D,23D/t15-,21-,23-,25-,26+,27+,32-,33+. The van der Waals surface area contributed by atoms with E-state index in [4.69, 9.17) is 4.74 Å². The number of rotatable bonds is 4. The van der Waals surface area contributed by atoms with Crippen molar-refractivity contribution in [1.29, 1.82) is 0 Å². The van der Waals surface area contributed by atoms with Crippen molar-refractivity contribution < 1.29 is 40.1 Å². The molecule has 0 bridgehead atoms. The highest BCUT2D eigenvalue weighted by molar-refractivity contribution is 5.97. The molecule has 13 heteroatoms. The SMILES string of the molecule is [2H][C@@H]1[C@@H](C(=O)N[C@]2(C)O[C@@]3(O)[C@@H]4CCCN4C(=O)[C@H](Cc4ccccc4)N3C2=O)CN(C)[C@@H]2Cc3cn(C(F)(F)F)c4cccc(c34)[C@@]12[2H]. The zero-order valence-electron chi connectivity index (χ0n) is 27.8. The van der Waals surface area contributed by atoms with E-state index in [-0.39, 0.29) is 46.3 Å². The van der Waals surface area contributed by atoms with Gasteiger partial charge in [0.1, 0.15) is 12.1 Å². The van der Waals surface area contributed by atoms with Crippen LogP contribution in [0.15, 0.2) is 54.7 Å². The van der Waals surface area contributed by atoms with Crippen LogP contribution in [0.5, 0.6) is 0 Å². The Morgan fingerprint density at radius 2 is 1.96 bits per heavy atom. The minimum absolute atomic E-state index is 0.0135. The number of aromatic nitrogens is 1. The van der Waals surface area contributed by atoms with Gasteiger partial charge in [0.2, 0.25) is 17.5 Å². The topological polar surface area (TPSA) is 107 Å². The fourth-order valence-corrected chi connectivity index (χ4v) is 8.44. The molecule has 4 aliphatic heterocycles. The van der Waals surface area contributed by atoms with Crippen LogP contribution in [0.4, 0.5) is 13.2 Å². The molecule has 0 unspecified atom stereocenters. The first kappa shape index (κ1) is 28.1. The number of benzene rings is 2. The van der Waals surface area contributed by atoms with Gasteiger partial charge >= 0.3 is 6.30 Å². The number of aliphatic hydroxyl groups is 1. The summed E-state index contributed by atoms with van der Waals surface area (Å²) in [5.74, 6) is -7.14. The van der Waals surface area contributed by atoms with Gasteiger partial charge in [-0.1, -0.05) is 42.5 Å². The van der Waals surface area contributed by atoms with Gasteiger partial charge in [0.25, 0.3) is 11.8 Å². The number of likely N-dealkylation sites (N-methyl/N-ethyl adjacent to an activating group) is 1. The van der Waals surface area contributed by atoms with Crippen molar-refractivity contribution in [3.63, 3.8) is 0 Å². The zero-order valence-corrected chi connectivity index (χ0v) is 25.8. The number of hydrogen-bond acceptors (Lipinski definition) is 6. The normalized spacial score (nSPS) is 37.4. The van der Waals surface area contributed by atoms with Crippen molar-refractivity contribution in [2.75, 3.05) is 20.1 Å². The van der Waals surface area contributed by atoms with Crippen molar-refractivity contribution >= 4 is 28.6 Å². The lowest BCUT2D eigenvalue weighted by molar-refractivity contribution is -0.315. The van der Waals surface area contributed by atoms with Gasteiger partial charge in [-0.3, -0.25) is 28.6 Å². The molecule has 10 nitrogen and oxygen atoms in total. The molecule has 4 fully saturated rings. The Balaban J connectivity index is 1.12. The third kappa shape index (κ3) is 4.46. The smallest absolute Gasteiger partial charge is 0.347 e. The summed E-state index contributed by atoms with van der Waals surface area (Å²) in [6, 6.07) is 10.7. The average molecular weight is 654 g/mol. The number of fused-ring (bicyclic) bond motifs is 5.